The van der Waals surface area contributed by atoms with Crippen LogP contribution >= 0.6 is 0 Å². The molecule has 1 aliphatic carbocycles. The summed E-state index contributed by atoms with van der Waals surface area (Å²) >= 11 is 0. The number of hydrogen-bond acceptors (Lipinski definition) is 2. The number of benzene rings is 1. The molecule has 0 spiro atoms. The third-order valence-electron chi connectivity index (χ3n) is 4.11. The van der Waals surface area contributed by atoms with Gasteiger partial charge in [-0.3, -0.25) is 4.79 Å². The lowest BCUT2D eigenvalue weighted by atomic mass is 10.1. The normalized spacial score (nSPS) is 14.1. The van der Waals surface area contributed by atoms with E-state index >= 15 is 0 Å². The minimum absolute atomic E-state index is 0.0371. The fourth-order valence-corrected chi connectivity index (χ4v) is 2.80. The Bertz CT molecular complexity index is 698. The van der Waals surface area contributed by atoms with Crippen molar-refractivity contribution in [2.75, 3.05) is 0 Å². The highest BCUT2D eigenvalue weighted by atomic mass is 16.1. The average molecular weight is 297 g/mol. The molecule has 0 saturated heterocycles. The zero-order valence-corrected chi connectivity index (χ0v) is 13.5. The summed E-state index contributed by atoms with van der Waals surface area (Å²) < 4.78 is 1.94. The smallest absolute Gasteiger partial charge is 0.255 e. The Morgan fingerprint density at radius 3 is 2.68 bits per heavy atom. The van der Waals surface area contributed by atoms with E-state index in [0.717, 1.165) is 48.3 Å². The van der Waals surface area contributed by atoms with Crippen molar-refractivity contribution in [3.63, 3.8) is 0 Å². The van der Waals surface area contributed by atoms with E-state index < -0.39 is 0 Å². The van der Waals surface area contributed by atoms with Crippen LogP contribution in [0.2, 0.25) is 0 Å². The molecule has 1 heterocycles. The molecule has 0 atom stereocenters. The number of nitrogens with one attached hydrogen (secondary N) is 1. The van der Waals surface area contributed by atoms with Crippen LogP contribution in [0.5, 0.6) is 0 Å². The van der Waals surface area contributed by atoms with E-state index in [-0.39, 0.29) is 5.91 Å². The molecule has 0 unspecified atom stereocenters. The first-order valence-corrected chi connectivity index (χ1v) is 8.12. The average Bonchev–Trinajstić information content (AvgIpc) is 3.23. The van der Waals surface area contributed by atoms with Crippen LogP contribution < -0.4 is 5.32 Å². The van der Waals surface area contributed by atoms with E-state index in [1.54, 1.807) is 0 Å². The molecule has 1 amide bonds. The summed E-state index contributed by atoms with van der Waals surface area (Å²) in [6, 6.07) is 8.61. The second kappa shape index (κ2) is 5.95. The molecule has 3 rings (SSSR count). The number of amides is 1. The molecule has 1 saturated carbocycles. The Morgan fingerprint density at radius 1 is 1.32 bits per heavy atom. The molecule has 0 bridgehead atoms. The SMILES string of the molecule is CCc1nn(-c2cccc(C)c2)c(CC)c1C(=O)NC1CC1. The Hall–Kier alpha value is -2.10. The molecule has 1 N–H and O–H groups in total. The summed E-state index contributed by atoms with van der Waals surface area (Å²) in [4.78, 5) is 12.6. The summed E-state index contributed by atoms with van der Waals surface area (Å²) in [6.45, 7) is 6.20. The van der Waals surface area contributed by atoms with Crippen molar-refractivity contribution in [2.45, 2.75) is 52.5 Å². The third kappa shape index (κ3) is 2.78. The molecule has 4 nitrogen and oxygen atoms in total. The standard InChI is InChI=1S/C18H23N3O/c1-4-15-17(18(22)19-13-9-10-13)16(5-2)21(20-15)14-8-6-7-12(3)11-14/h6-8,11,13H,4-5,9-10H2,1-3H3,(H,19,22). The Balaban J connectivity index is 2.07. The van der Waals surface area contributed by atoms with E-state index in [0.29, 0.717) is 6.04 Å². The van der Waals surface area contributed by atoms with Gasteiger partial charge in [0.15, 0.2) is 0 Å². The first kappa shape index (κ1) is 14.8. The largest absolute Gasteiger partial charge is 0.349 e. The summed E-state index contributed by atoms with van der Waals surface area (Å²) in [5, 5.41) is 7.82. The van der Waals surface area contributed by atoms with Crippen molar-refractivity contribution in [3.05, 3.63) is 46.8 Å². The molecule has 116 valence electrons. The lowest BCUT2D eigenvalue weighted by molar-refractivity contribution is 0.0949. The van der Waals surface area contributed by atoms with Crippen molar-refractivity contribution >= 4 is 5.91 Å². The molecule has 0 aliphatic heterocycles. The minimum atomic E-state index is 0.0371. The number of carbonyl (C=O) groups excluding carboxylic acids is 1. The summed E-state index contributed by atoms with van der Waals surface area (Å²) in [5.41, 5.74) is 4.88. The van der Waals surface area contributed by atoms with Gasteiger partial charge in [0, 0.05) is 6.04 Å². The van der Waals surface area contributed by atoms with Gasteiger partial charge in [0.1, 0.15) is 0 Å². The molecular formula is C18H23N3O. The Morgan fingerprint density at radius 2 is 2.09 bits per heavy atom. The van der Waals surface area contributed by atoms with Gasteiger partial charge in [0.2, 0.25) is 0 Å². The maximum atomic E-state index is 12.6. The zero-order valence-electron chi connectivity index (χ0n) is 13.5. The number of hydrogen-bond donors (Lipinski definition) is 1. The van der Waals surface area contributed by atoms with E-state index in [9.17, 15) is 4.79 Å². The summed E-state index contributed by atoms with van der Waals surface area (Å²) in [5.74, 6) is 0.0371. The fourth-order valence-electron chi connectivity index (χ4n) is 2.80. The topological polar surface area (TPSA) is 46.9 Å². The highest BCUT2D eigenvalue weighted by Crippen LogP contribution is 2.24. The van der Waals surface area contributed by atoms with Crippen LogP contribution in [0.3, 0.4) is 0 Å². The predicted octanol–water partition coefficient (Wildman–Crippen LogP) is 3.20. The predicted molar refractivity (Wildman–Crippen MR) is 87.5 cm³/mol. The Kier molecular flexibility index (Phi) is 4.01. The second-order valence-electron chi connectivity index (χ2n) is 5.97. The van der Waals surface area contributed by atoms with Gasteiger partial charge in [-0.2, -0.15) is 5.10 Å². The first-order chi connectivity index (χ1) is 10.6. The van der Waals surface area contributed by atoms with Gasteiger partial charge >= 0.3 is 0 Å². The molecule has 4 heteroatoms. The molecular weight excluding hydrogens is 274 g/mol. The molecule has 1 fully saturated rings. The van der Waals surface area contributed by atoms with Crippen LogP contribution in [0.1, 0.15) is 54.0 Å². The lowest BCUT2D eigenvalue weighted by Crippen LogP contribution is -2.27. The lowest BCUT2D eigenvalue weighted by Gasteiger charge is -2.09. The van der Waals surface area contributed by atoms with E-state index in [1.165, 1.54) is 5.56 Å². The Labute approximate surface area is 131 Å². The molecule has 2 aromatic rings. The number of nitrogens with zero attached hydrogens (tertiary/aromatic N) is 2. The highest BCUT2D eigenvalue weighted by molar-refractivity contribution is 5.97. The van der Waals surface area contributed by atoms with Gasteiger partial charge in [-0.25, -0.2) is 4.68 Å². The van der Waals surface area contributed by atoms with Crippen LogP contribution in [-0.2, 0) is 12.8 Å². The van der Waals surface area contributed by atoms with Gasteiger partial charge < -0.3 is 5.32 Å². The number of aromatic nitrogens is 2. The van der Waals surface area contributed by atoms with Gasteiger partial charge in [-0.15, -0.1) is 0 Å². The number of rotatable bonds is 5. The van der Waals surface area contributed by atoms with Gasteiger partial charge in [-0.1, -0.05) is 26.0 Å². The maximum Gasteiger partial charge on any atom is 0.255 e. The van der Waals surface area contributed by atoms with Crippen molar-refractivity contribution in [2.24, 2.45) is 0 Å². The van der Waals surface area contributed by atoms with Gasteiger partial charge in [0.05, 0.1) is 22.6 Å². The van der Waals surface area contributed by atoms with Crippen molar-refractivity contribution in [1.29, 1.82) is 0 Å². The van der Waals surface area contributed by atoms with Crippen LogP contribution in [0.15, 0.2) is 24.3 Å². The molecule has 22 heavy (non-hydrogen) atoms. The quantitative estimate of drug-likeness (QED) is 0.921. The third-order valence-corrected chi connectivity index (χ3v) is 4.11. The zero-order chi connectivity index (χ0) is 15.7. The molecule has 0 radical (unpaired) electrons. The van der Waals surface area contributed by atoms with Crippen LogP contribution in [-0.4, -0.2) is 21.7 Å². The summed E-state index contributed by atoms with van der Waals surface area (Å²) in [6.07, 6.45) is 3.74. The highest BCUT2D eigenvalue weighted by Gasteiger charge is 2.28. The van der Waals surface area contributed by atoms with Gasteiger partial charge in [0.25, 0.3) is 5.91 Å². The summed E-state index contributed by atoms with van der Waals surface area (Å²) in [7, 11) is 0. The number of aryl methyl sites for hydroxylation is 2. The van der Waals surface area contributed by atoms with Crippen LogP contribution in [0.4, 0.5) is 0 Å². The van der Waals surface area contributed by atoms with Crippen molar-refractivity contribution in [3.8, 4) is 5.69 Å². The molecule has 1 aromatic carbocycles. The monoisotopic (exact) mass is 297 g/mol. The fraction of sp³-hybridized carbons (Fsp3) is 0.444. The van der Waals surface area contributed by atoms with Gasteiger partial charge in [-0.05, 0) is 50.3 Å². The van der Waals surface area contributed by atoms with Crippen LogP contribution in [0, 0.1) is 6.92 Å². The minimum Gasteiger partial charge on any atom is -0.349 e. The number of carbonyl (C=O) groups is 1. The maximum absolute atomic E-state index is 12.6. The van der Waals surface area contributed by atoms with E-state index in [4.69, 9.17) is 5.10 Å². The van der Waals surface area contributed by atoms with Crippen LogP contribution in [0.25, 0.3) is 5.69 Å². The molecule has 1 aromatic heterocycles. The first-order valence-electron chi connectivity index (χ1n) is 8.12. The van der Waals surface area contributed by atoms with E-state index in [1.807, 2.05) is 16.8 Å². The second-order valence-corrected chi connectivity index (χ2v) is 5.97. The van der Waals surface area contributed by atoms with E-state index in [2.05, 4.69) is 38.2 Å². The van der Waals surface area contributed by atoms with Crippen molar-refractivity contribution < 1.29 is 4.79 Å². The molecule has 1 aliphatic rings. The van der Waals surface area contributed by atoms with Crippen molar-refractivity contribution in [1.82, 2.24) is 15.1 Å².